The van der Waals surface area contributed by atoms with Crippen molar-refractivity contribution in [1.82, 2.24) is 10.6 Å². The van der Waals surface area contributed by atoms with Gasteiger partial charge >= 0.3 is 0 Å². The van der Waals surface area contributed by atoms with Gasteiger partial charge in [-0.2, -0.15) is 0 Å². The molecule has 1 atom stereocenters. The molecule has 1 aliphatic heterocycles. The van der Waals surface area contributed by atoms with Gasteiger partial charge in [0.2, 0.25) is 5.91 Å². The summed E-state index contributed by atoms with van der Waals surface area (Å²) in [7, 11) is 0. The Bertz CT molecular complexity index is 774. The molecule has 3 rings (SSSR count). The van der Waals surface area contributed by atoms with Crippen LogP contribution < -0.4 is 20.1 Å². The van der Waals surface area contributed by atoms with E-state index in [2.05, 4.69) is 10.6 Å². The van der Waals surface area contributed by atoms with Crippen LogP contribution in [0.25, 0.3) is 0 Å². The fourth-order valence-corrected chi connectivity index (χ4v) is 3.41. The van der Waals surface area contributed by atoms with Crippen LogP contribution in [0.1, 0.15) is 35.1 Å². The molecule has 2 aromatic rings. The molecule has 0 saturated carbocycles. The Hall–Kier alpha value is -2.54. The molecule has 0 spiro atoms. The number of hydrogen-bond donors (Lipinski definition) is 2. The third kappa shape index (κ3) is 4.35. The van der Waals surface area contributed by atoms with Crippen LogP contribution in [0.5, 0.6) is 11.5 Å². The monoisotopic (exact) mass is 374 g/mol. The molecular formula is C19H22N2O4S. The van der Waals surface area contributed by atoms with Crippen molar-refractivity contribution in [3.05, 3.63) is 46.2 Å². The first kappa shape index (κ1) is 18.3. The average molecular weight is 374 g/mol. The van der Waals surface area contributed by atoms with Gasteiger partial charge < -0.3 is 20.1 Å². The minimum Gasteiger partial charge on any atom is -0.486 e. The van der Waals surface area contributed by atoms with Gasteiger partial charge in [-0.1, -0.05) is 26.0 Å². The summed E-state index contributed by atoms with van der Waals surface area (Å²) in [5, 5.41) is 7.46. The molecular weight excluding hydrogens is 352 g/mol. The van der Waals surface area contributed by atoms with Crippen molar-refractivity contribution in [2.45, 2.75) is 19.9 Å². The number of fused-ring (bicyclic) bond motifs is 1. The molecule has 1 aliphatic rings. The molecule has 1 aromatic carbocycles. The lowest BCUT2D eigenvalue weighted by Crippen LogP contribution is -2.40. The molecule has 0 unspecified atom stereocenters. The molecule has 2 heterocycles. The Labute approximate surface area is 156 Å². The fourth-order valence-electron chi connectivity index (χ4n) is 2.77. The molecule has 2 amide bonds. The largest absolute Gasteiger partial charge is 0.486 e. The van der Waals surface area contributed by atoms with E-state index in [-0.39, 0.29) is 30.3 Å². The van der Waals surface area contributed by atoms with Gasteiger partial charge in [0.15, 0.2) is 11.5 Å². The van der Waals surface area contributed by atoms with Crippen LogP contribution >= 0.6 is 11.3 Å². The first-order valence-electron chi connectivity index (χ1n) is 8.55. The normalized spacial score (nSPS) is 14.0. The molecule has 0 radical (unpaired) electrons. The van der Waals surface area contributed by atoms with Gasteiger partial charge in [0.05, 0.1) is 17.5 Å². The van der Waals surface area contributed by atoms with Gasteiger partial charge in [-0.25, -0.2) is 0 Å². The molecule has 0 aliphatic carbocycles. The third-order valence-corrected chi connectivity index (χ3v) is 4.93. The van der Waals surface area contributed by atoms with Gasteiger partial charge in [-0.15, -0.1) is 11.3 Å². The Morgan fingerprint density at radius 3 is 2.62 bits per heavy atom. The van der Waals surface area contributed by atoms with Crippen LogP contribution in [0, 0.1) is 5.92 Å². The van der Waals surface area contributed by atoms with Crippen molar-refractivity contribution in [3.63, 3.8) is 0 Å². The van der Waals surface area contributed by atoms with Crippen LogP contribution in [-0.4, -0.2) is 31.6 Å². The topological polar surface area (TPSA) is 76.7 Å². The van der Waals surface area contributed by atoms with Crippen LogP contribution in [0.4, 0.5) is 0 Å². The Morgan fingerprint density at radius 1 is 1.15 bits per heavy atom. The second-order valence-electron chi connectivity index (χ2n) is 6.35. The van der Waals surface area contributed by atoms with Crippen molar-refractivity contribution < 1.29 is 19.1 Å². The van der Waals surface area contributed by atoms with Crippen LogP contribution in [0.15, 0.2) is 35.7 Å². The average Bonchev–Trinajstić information content (AvgIpc) is 3.18. The van der Waals surface area contributed by atoms with E-state index in [0.29, 0.717) is 23.8 Å². The van der Waals surface area contributed by atoms with Gasteiger partial charge in [-0.3, -0.25) is 9.59 Å². The highest BCUT2D eigenvalue weighted by Gasteiger charge is 2.21. The smallest absolute Gasteiger partial charge is 0.261 e. The fraction of sp³-hybridized carbons (Fsp3) is 0.368. The van der Waals surface area contributed by atoms with Gasteiger partial charge in [-0.05, 0) is 35.1 Å². The zero-order chi connectivity index (χ0) is 18.5. The summed E-state index contributed by atoms with van der Waals surface area (Å²) in [5.41, 5.74) is 0.946. The number of carbonyl (C=O) groups is 2. The third-order valence-electron chi connectivity index (χ3n) is 4.06. The van der Waals surface area contributed by atoms with E-state index in [4.69, 9.17) is 9.47 Å². The highest BCUT2D eigenvalue weighted by molar-refractivity contribution is 7.12. The number of benzene rings is 1. The lowest BCUT2D eigenvalue weighted by molar-refractivity contribution is -0.121. The van der Waals surface area contributed by atoms with E-state index in [1.165, 1.54) is 11.3 Å². The first-order valence-corrected chi connectivity index (χ1v) is 9.43. The maximum absolute atomic E-state index is 12.3. The lowest BCUT2D eigenvalue weighted by Gasteiger charge is -2.25. The van der Waals surface area contributed by atoms with Crippen LogP contribution in [0.2, 0.25) is 0 Å². The second-order valence-corrected chi connectivity index (χ2v) is 7.30. The van der Waals surface area contributed by atoms with Crippen molar-refractivity contribution >= 4 is 23.2 Å². The predicted molar refractivity (Wildman–Crippen MR) is 99.8 cm³/mol. The van der Waals surface area contributed by atoms with Crippen LogP contribution in [0.3, 0.4) is 0 Å². The van der Waals surface area contributed by atoms with E-state index >= 15 is 0 Å². The summed E-state index contributed by atoms with van der Waals surface area (Å²) in [4.78, 5) is 24.9. The first-order chi connectivity index (χ1) is 12.5. The quantitative estimate of drug-likeness (QED) is 0.815. The molecule has 2 N–H and O–H groups in total. The van der Waals surface area contributed by atoms with Crippen LogP contribution in [-0.2, 0) is 4.79 Å². The molecule has 0 fully saturated rings. The van der Waals surface area contributed by atoms with Gasteiger partial charge in [0.25, 0.3) is 5.91 Å². The summed E-state index contributed by atoms with van der Waals surface area (Å²) >= 11 is 1.34. The summed E-state index contributed by atoms with van der Waals surface area (Å²) in [6.07, 6.45) is 0. The summed E-state index contributed by atoms with van der Waals surface area (Å²) in [5.74, 6) is 1.12. The van der Waals surface area contributed by atoms with E-state index in [0.717, 1.165) is 11.3 Å². The minimum absolute atomic E-state index is 0.0650. The van der Waals surface area contributed by atoms with Crippen molar-refractivity contribution in [3.8, 4) is 11.5 Å². The number of carbonyl (C=O) groups excluding carboxylic acids is 2. The van der Waals surface area contributed by atoms with E-state index in [1.54, 1.807) is 12.1 Å². The maximum Gasteiger partial charge on any atom is 0.261 e. The van der Waals surface area contributed by atoms with E-state index in [9.17, 15) is 9.59 Å². The number of rotatable bonds is 6. The highest BCUT2D eigenvalue weighted by Crippen LogP contribution is 2.34. The number of thiophene rings is 1. The Morgan fingerprint density at radius 2 is 1.92 bits per heavy atom. The second kappa shape index (κ2) is 8.23. The molecule has 1 aromatic heterocycles. The molecule has 0 saturated heterocycles. The van der Waals surface area contributed by atoms with Crippen molar-refractivity contribution in [2.24, 2.45) is 5.92 Å². The summed E-state index contributed by atoms with van der Waals surface area (Å²) in [6, 6.07) is 9.05. The Kier molecular flexibility index (Phi) is 5.78. The number of nitrogens with one attached hydrogen (secondary N) is 2. The minimum atomic E-state index is -0.240. The van der Waals surface area contributed by atoms with Crippen molar-refractivity contribution in [2.75, 3.05) is 19.8 Å². The number of hydrogen-bond acceptors (Lipinski definition) is 5. The summed E-state index contributed by atoms with van der Waals surface area (Å²) < 4.78 is 11.2. The molecule has 138 valence electrons. The number of amides is 2. The van der Waals surface area contributed by atoms with Crippen molar-refractivity contribution in [1.29, 1.82) is 0 Å². The van der Waals surface area contributed by atoms with E-state index in [1.807, 2.05) is 37.4 Å². The SMILES string of the molecule is CC(C)[C@H](NC(=O)CNC(=O)c1cccs1)c1ccc2c(c1)OCCO2. The zero-order valence-corrected chi connectivity index (χ0v) is 15.6. The molecule has 7 heteroatoms. The molecule has 26 heavy (non-hydrogen) atoms. The predicted octanol–water partition coefficient (Wildman–Crippen LogP) is 2.76. The number of ether oxygens (including phenoxy) is 2. The highest BCUT2D eigenvalue weighted by atomic mass is 32.1. The molecule has 0 bridgehead atoms. The van der Waals surface area contributed by atoms with Gasteiger partial charge in [0.1, 0.15) is 13.2 Å². The Balaban J connectivity index is 1.63. The zero-order valence-electron chi connectivity index (χ0n) is 14.8. The lowest BCUT2D eigenvalue weighted by atomic mass is 9.95. The standard InChI is InChI=1S/C19H22N2O4S/c1-12(2)18(13-5-6-14-15(10-13)25-8-7-24-14)21-17(22)11-20-19(23)16-4-3-9-26-16/h3-6,9-10,12,18H,7-8,11H2,1-2H3,(H,20,23)(H,21,22)/t18-/m0/s1. The summed E-state index contributed by atoms with van der Waals surface area (Å²) in [6.45, 7) is 5.06. The maximum atomic E-state index is 12.3. The van der Waals surface area contributed by atoms with E-state index < -0.39 is 0 Å². The van der Waals surface area contributed by atoms with Gasteiger partial charge in [0, 0.05) is 0 Å². The molecule has 6 nitrogen and oxygen atoms in total.